The van der Waals surface area contributed by atoms with E-state index in [1.807, 2.05) is 48.5 Å². The molecule has 48 heavy (non-hydrogen) atoms. The Morgan fingerprint density at radius 2 is 1.79 bits per heavy atom. The van der Waals surface area contributed by atoms with E-state index in [9.17, 15) is 18.0 Å². The van der Waals surface area contributed by atoms with E-state index >= 15 is 0 Å². The number of fused-ring (bicyclic) bond motifs is 1. The minimum atomic E-state index is -3.55. The van der Waals surface area contributed by atoms with Crippen molar-refractivity contribution in [2.45, 2.75) is 13.0 Å². The van der Waals surface area contributed by atoms with E-state index in [2.05, 4.69) is 41.9 Å². The summed E-state index contributed by atoms with van der Waals surface area (Å²) in [6, 6.07) is 17.2. The van der Waals surface area contributed by atoms with Gasteiger partial charge in [0.25, 0.3) is 11.5 Å². The molecule has 0 fully saturated rings. The van der Waals surface area contributed by atoms with Gasteiger partial charge in [-0.2, -0.15) is 5.10 Å². The van der Waals surface area contributed by atoms with Crippen molar-refractivity contribution in [2.75, 3.05) is 16.7 Å². The maximum absolute atomic E-state index is 14.3. The summed E-state index contributed by atoms with van der Waals surface area (Å²) in [5.74, 6) is 5.46. The van der Waals surface area contributed by atoms with E-state index in [0.29, 0.717) is 38.8 Å². The highest BCUT2D eigenvalue weighted by Gasteiger charge is 2.22. The van der Waals surface area contributed by atoms with Crippen LogP contribution >= 0.6 is 0 Å². The number of carbonyl (C=O) groups is 1. The van der Waals surface area contributed by atoms with Gasteiger partial charge < -0.3 is 11.1 Å². The van der Waals surface area contributed by atoms with E-state index in [-0.39, 0.29) is 28.5 Å². The van der Waals surface area contributed by atoms with Gasteiger partial charge in [0.05, 0.1) is 53.2 Å². The van der Waals surface area contributed by atoms with Crippen LogP contribution in [0.15, 0.2) is 96.4 Å². The molecule has 0 saturated heterocycles. The Kier molecular flexibility index (Phi) is 8.45. The molecule has 6 rings (SSSR count). The molecule has 0 radical (unpaired) electrons. The SMILES string of the molecule is C[C@@H](NC(=O)c1nc(-c2cncc(NS(C)(=O)=O)c2)cnc1N)c1cc2cccc(C#Cc3cnn(C)c3)c2c(=O)n1-c1ccccc1. The molecule has 2 aromatic carbocycles. The highest BCUT2D eigenvalue weighted by molar-refractivity contribution is 7.92. The van der Waals surface area contributed by atoms with Gasteiger partial charge in [-0.1, -0.05) is 42.2 Å². The lowest BCUT2D eigenvalue weighted by atomic mass is 10.0. The average Bonchev–Trinajstić information content (AvgIpc) is 3.48. The lowest BCUT2D eigenvalue weighted by molar-refractivity contribution is 0.0934. The van der Waals surface area contributed by atoms with Crippen LogP contribution in [-0.2, 0) is 17.1 Å². The Labute approximate surface area is 275 Å². The van der Waals surface area contributed by atoms with E-state index in [4.69, 9.17) is 5.73 Å². The minimum Gasteiger partial charge on any atom is -0.382 e. The van der Waals surface area contributed by atoms with E-state index in [0.717, 1.165) is 6.26 Å². The van der Waals surface area contributed by atoms with Crippen molar-refractivity contribution >= 4 is 38.2 Å². The summed E-state index contributed by atoms with van der Waals surface area (Å²) in [4.78, 5) is 40.6. The number of sulfonamides is 1. The molecule has 4 N–H and O–H groups in total. The standard InChI is InChI=1S/C34H29N9O4S/c1-21(39-33(44)31-32(35)37-19-28(40-31)25-14-26(18-36-17-25)41-48(3,46)47)29-15-24-9-7-8-23(13-12-22-16-38-42(2)20-22)30(24)34(45)43(29)27-10-5-4-6-11-27/h4-11,14-21,41H,1-3H3,(H2,35,37)(H,39,44)/t21-/m1/s1. The number of nitrogens with two attached hydrogens (primary N) is 1. The molecular formula is C34H29N9O4S. The van der Waals surface area contributed by atoms with Gasteiger partial charge in [-0.25, -0.2) is 18.4 Å². The number of anilines is 2. The van der Waals surface area contributed by atoms with E-state index < -0.39 is 22.0 Å². The molecular weight excluding hydrogens is 631 g/mol. The number of para-hydroxylation sites is 1. The van der Waals surface area contributed by atoms with Gasteiger partial charge in [-0.05, 0) is 42.6 Å². The number of carbonyl (C=O) groups excluding carboxylic acids is 1. The van der Waals surface area contributed by atoms with Crippen LogP contribution in [0.5, 0.6) is 0 Å². The molecule has 4 heterocycles. The molecule has 1 amide bonds. The summed E-state index contributed by atoms with van der Waals surface area (Å²) in [7, 11) is -1.74. The minimum absolute atomic E-state index is 0.113. The normalized spacial score (nSPS) is 11.8. The van der Waals surface area contributed by atoms with Crippen molar-refractivity contribution in [3.8, 4) is 28.8 Å². The number of nitrogens with one attached hydrogen (secondary N) is 2. The molecule has 0 saturated carbocycles. The third-order valence-corrected chi connectivity index (χ3v) is 7.89. The number of hydrogen-bond donors (Lipinski definition) is 3. The average molecular weight is 660 g/mol. The van der Waals surface area contributed by atoms with Crippen LogP contribution in [0.3, 0.4) is 0 Å². The Hall–Kier alpha value is -6.33. The second kappa shape index (κ2) is 12.8. The molecule has 0 aliphatic rings. The third-order valence-electron chi connectivity index (χ3n) is 7.28. The third kappa shape index (κ3) is 6.76. The van der Waals surface area contributed by atoms with Crippen LogP contribution in [0.1, 0.15) is 40.3 Å². The second-order valence-electron chi connectivity index (χ2n) is 11.0. The second-order valence-corrected chi connectivity index (χ2v) is 12.7. The Morgan fingerprint density at radius 3 is 2.52 bits per heavy atom. The van der Waals surface area contributed by atoms with Gasteiger partial charge in [-0.3, -0.25) is 28.5 Å². The highest BCUT2D eigenvalue weighted by atomic mass is 32.2. The Balaban J connectivity index is 1.38. The van der Waals surface area contributed by atoms with Crippen molar-refractivity contribution in [2.24, 2.45) is 7.05 Å². The van der Waals surface area contributed by atoms with Gasteiger partial charge in [0.1, 0.15) is 0 Å². The zero-order valence-electron chi connectivity index (χ0n) is 26.0. The topological polar surface area (TPSA) is 180 Å². The highest BCUT2D eigenvalue weighted by Crippen LogP contribution is 2.25. The quantitative estimate of drug-likeness (QED) is 0.217. The first-order valence-corrected chi connectivity index (χ1v) is 16.5. The zero-order chi connectivity index (χ0) is 34.0. The number of rotatable bonds is 7. The predicted molar refractivity (Wildman–Crippen MR) is 183 cm³/mol. The lowest BCUT2D eigenvalue weighted by Crippen LogP contribution is -2.33. The van der Waals surface area contributed by atoms with Crippen LogP contribution in [0, 0.1) is 11.8 Å². The van der Waals surface area contributed by atoms with Crippen molar-refractivity contribution in [1.29, 1.82) is 0 Å². The fourth-order valence-corrected chi connectivity index (χ4v) is 5.71. The van der Waals surface area contributed by atoms with Crippen molar-refractivity contribution in [1.82, 2.24) is 34.6 Å². The number of nitrogen functional groups attached to an aromatic ring is 1. The molecule has 240 valence electrons. The van der Waals surface area contributed by atoms with Gasteiger partial charge in [0.15, 0.2) is 11.5 Å². The predicted octanol–water partition coefficient (Wildman–Crippen LogP) is 3.42. The number of aromatic nitrogens is 6. The van der Waals surface area contributed by atoms with E-state index in [1.165, 1.54) is 24.7 Å². The van der Waals surface area contributed by atoms with Crippen LogP contribution in [0.25, 0.3) is 27.7 Å². The number of amides is 1. The molecule has 0 aliphatic carbocycles. The van der Waals surface area contributed by atoms with Gasteiger partial charge in [0.2, 0.25) is 10.0 Å². The number of benzene rings is 2. The van der Waals surface area contributed by atoms with Crippen LogP contribution in [0.2, 0.25) is 0 Å². The summed E-state index contributed by atoms with van der Waals surface area (Å²) >= 11 is 0. The smallest absolute Gasteiger partial charge is 0.274 e. The van der Waals surface area contributed by atoms with Crippen LogP contribution in [0.4, 0.5) is 11.5 Å². The molecule has 0 aliphatic heterocycles. The fraction of sp³-hybridized carbons (Fsp3) is 0.118. The first-order chi connectivity index (χ1) is 23.0. The van der Waals surface area contributed by atoms with Crippen molar-refractivity contribution in [3.05, 3.63) is 125 Å². The Morgan fingerprint density at radius 1 is 1.00 bits per heavy atom. The lowest BCUT2D eigenvalue weighted by Gasteiger charge is -2.21. The van der Waals surface area contributed by atoms with Gasteiger partial charge in [0, 0.05) is 41.9 Å². The molecule has 0 unspecified atom stereocenters. The molecule has 4 aromatic heterocycles. The van der Waals surface area contributed by atoms with Gasteiger partial charge in [-0.15, -0.1) is 0 Å². The summed E-state index contributed by atoms with van der Waals surface area (Å²) in [6.45, 7) is 1.75. The van der Waals surface area contributed by atoms with Crippen LogP contribution in [-0.4, -0.2) is 49.9 Å². The summed E-state index contributed by atoms with van der Waals surface area (Å²) < 4.78 is 29.0. The number of pyridine rings is 2. The molecule has 1 atom stereocenters. The van der Waals surface area contributed by atoms with E-state index in [1.54, 1.807) is 41.7 Å². The molecule has 6 aromatic rings. The monoisotopic (exact) mass is 659 g/mol. The maximum atomic E-state index is 14.3. The number of hydrogen-bond acceptors (Lipinski definition) is 9. The molecule has 13 nitrogen and oxygen atoms in total. The van der Waals surface area contributed by atoms with Gasteiger partial charge >= 0.3 is 0 Å². The summed E-state index contributed by atoms with van der Waals surface area (Å²) in [5.41, 5.74) is 8.90. The number of nitrogens with zero attached hydrogens (tertiary/aromatic N) is 6. The largest absolute Gasteiger partial charge is 0.382 e. The first kappa shape index (κ1) is 31.6. The summed E-state index contributed by atoms with van der Waals surface area (Å²) in [6.07, 6.45) is 8.63. The van der Waals surface area contributed by atoms with Crippen LogP contribution < -0.4 is 21.3 Å². The first-order valence-electron chi connectivity index (χ1n) is 14.6. The molecule has 0 spiro atoms. The molecule has 14 heteroatoms. The number of aryl methyl sites for hydroxylation is 1. The fourth-order valence-electron chi connectivity index (χ4n) is 5.17. The van der Waals surface area contributed by atoms with Crippen molar-refractivity contribution in [3.63, 3.8) is 0 Å². The Bertz CT molecular complexity index is 2430. The summed E-state index contributed by atoms with van der Waals surface area (Å²) in [5, 5.41) is 8.15. The zero-order valence-corrected chi connectivity index (χ0v) is 26.9. The maximum Gasteiger partial charge on any atom is 0.274 e. The van der Waals surface area contributed by atoms with Crippen molar-refractivity contribution < 1.29 is 13.2 Å². The molecule has 0 bridgehead atoms.